The summed E-state index contributed by atoms with van der Waals surface area (Å²) in [7, 11) is 0. The van der Waals surface area contributed by atoms with Gasteiger partial charge in [-0.2, -0.15) is 5.26 Å². The number of benzene rings is 2. The molecule has 22 heavy (non-hydrogen) atoms. The maximum absolute atomic E-state index is 11.2. The van der Waals surface area contributed by atoms with Crippen LogP contribution in [-0.4, -0.2) is 11.1 Å². The van der Waals surface area contributed by atoms with Crippen LogP contribution in [0.4, 0.5) is 0 Å². The molecule has 1 N–H and O–H groups in total. The van der Waals surface area contributed by atoms with Crippen LogP contribution in [0, 0.1) is 17.2 Å². The van der Waals surface area contributed by atoms with Gasteiger partial charge in [0.1, 0.15) is 0 Å². The Hall–Kier alpha value is -2.60. The predicted molar refractivity (Wildman–Crippen MR) is 83.4 cm³/mol. The summed E-state index contributed by atoms with van der Waals surface area (Å²) in [5, 5.41) is 18.7. The second kappa shape index (κ2) is 6.03. The smallest absolute Gasteiger partial charge is 0.303 e. The number of fused-ring (bicyclic) bond motifs is 1. The van der Waals surface area contributed by atoms with Crippen molar-refractivity contribution in [1.82, 2.24) is 0 Å². The Morgan fingerprint density at radius 2 is 1.73 bits per heavy atom. The third kappa shape index (κ3) is 2.60. The maximum atomic E-state index is 11.2. The van der Waals surface area contributed by atoms with Crippen LogP contribution in [0.2, 0.25) is 0 Å². The minimum Gasteiger partial charge on any atom is -0.481 e. The van der Waals surface area contributed by atoms with E-state index in [0.717, 1.165) is 11.1 Å². The molecule has 0 spiro atoms. The highest BCUT2D eigenvalue weighted by atomic mass is 16.4. The van der Waals surface area contributed by atoms with Crippen molar-refractivity contribution < 1.29 is 9.90 Å². The minimum absolute atomic E-state index is 0.0376. The van der Waals surface area contributed by atoms with E-state index < -0.39 is 5.97 Å². The van der Waals surface area contributed by atoms with E-state index in [0.29, 0.717) is 6.42 Å². The number of aliphatic carboxylic acids is 1. The summed E-state index contributed by atoms with van der Waals surface area (Å²) >= 11 is 0. The van der Waals surface area contributed by atoms with Crippen LogP contribution in [-0.2, 0) is 4.79 Å². The van der Waals surface area contributed by atoms with Gasteiger partial charge in [-0.1, -0.05) is 54.6 Å². The lowest BCUT2D eigenvalue weighted by Crippen LogP contribution is -2.25. The molecule has 3 unspecified atom stereocenters. The molecule has 0 amide bonds. The van der Waals surface area contributed by atoms with E-state index in [9.17, 15) is 15.2 Å². The zero-order chi connectivity index (χ0) is 15.5. The molecule has 1 aliphatic carbocycles. The van der Waals surface area contributed by atoms with Crippen molar-refractivity contribution >= 4 is 5.97 Å². The summed E-state index contributed by atoms with van der Waals surface area (Å²) in [6.07, 6.45) is 0.738. The van der Waals surface area contributed by atoms with Gasteiger partial charge in [0.05, 0.1) is 12.0 Å². The Bertz CT molecular complexity index is 718. The first-order valence-electron chi connectivity index (χ1n) is 7.46. The van der Waals surface area contributed by atoms with E-state index in [-0.39, 0.29) is 24.2 Å². The van der Waals surface area contributed by atoms with Gasteiger partial charge in [-0.05, 0) is 29.0 Å². The summed E-state index contributed by atoms with van der Waals surface area (Å²) in [4.78, 5) is 11.2. The molecule has 3 nitrogen and oxygen atoms in total. The Morgan fingerprint density at radius 1 is 1.09 bits per heavy atom. The Kier molecular flexibility index (Phi) is 3.93. The van der Waals surface area contributed by atoms with Crippen LogP contribution in [0.15, 0.2) is 54.6 Å². The molecular formula is C19H17NO2. The van der Waals surface area contributed by atoms with E-state index >= 15 is 0 Å². The van der Waals surface area contributed by atoms with Crippen molar-refractivity contribution in [2.45, 2.75) is 24.7 Å². The van der Waals surface area contributed by atoms with Crippen LogP contribution >= 0.6 is 0 Å². The fourth-order valence-corrected chi connectivity index (χ4v) is 3.53. The molecule has 0 bridgehead atoms. The highest BCUT2D eigenvalue weighted by molar-refractivity contribution is 5.67. The van der Waals surface area contributed by atoms with Crippen molar-refractivity contribution in [2.24, 2.45) is 5.92 Å². The molecule has 1 aliphatic rings. The Morgan fingerprint density at radius 3 is 2.36 bits per heavy atom. The topological polar surface area (TPSA) is 61.1 Å². The summed E-state index contributed by atoms with van der Waals surface area (Å²) < 4.78 is 0. The van der Waals surface area contributed by atoms with Gasteiger partial charge < -0.3 is 5.11 Å². The zero-order valence-corrected chi connectivity index (χ0v) is 12.1. The zero-order valence-electron chi connectivity index (χ0n) is 12.1. The molecule has 0 aromatic heterocycles. The highest BCUT2D eigenvalue weighted by Gasteiger charge is 2.36. The molecule has 3 rings (SSSR count). The average Bonchev–Trinajstić information content (AvgIpc) is 2.54. The van der Waals surface area contributed by atoms with Gasteiger partial charge in [-0.25, -0.2) is 0 Å². The number of carboxylic acids is 1. The van der Waals surface area contributed by atoms with Gasteiger partial charge in [0, 0.05) is 12.3 Å². The summed E-state index contributed by atoms with van der Waals surface area (Å²) in [5.74, 6) is -1.17. The third-order valence-electron chi connectivity index (χ3n) is 4.49. The largest absolute Gasteiger partial charge is 0.481 e. The van der Waals surface area contributed by atoms with Gasteiger partial charge in [-0.3, -0.25) is 4.79 Å². The third-order valence-corrected chi connectivity index (χ3v) is 4.49. The molecule has 110 valence electrons. The molecule has 0 saturated heterocycles. The summed E-state index contributed by atoms with van der Waals surface area (Å²) in [5.41, 5.74) is 3.32. The lowest BCUT2D eigenvalue weighted by Gasteiger charge is -2.34. The molecule has 0 fully saturated rings. The van der Waals surface area contributed by atoms with Crippen LogP contribution in [0.5, 0.6) is 0 Å². The normalized spacial score (nSPS) is 23.3. The SMILES string of the molecule is N#CC1c2ccccc2C(c2ccccc2)CC1CC(=O)O. The first kappa shape index (κ1) is 14.3. The number of nitriles is 1. The minimum atomic E-state index is -0.837. The van der Waals surface area contributed by atoms with Crippen LogP contribution in [0.1, 0.15) is 41.4 Å². The van der Waals surface area contributed by atoms with E-state index in [2.05, 4.69) is 24.3 Å². The summed E-state index contributed by atoms with van der Waals surface area (Å²) in [6, 6.07) is 20.4. The highest BCUT2D eigenvalue weighted by Crippen LogP contribution is 2.46. The van der Waals surface area contributed by atoms with Gasteiger partial charge in [0.15, 0.2) is 0 Å². The van der Waals surface area contributed by atoms with Crippen molar-refractivity contribution in [3.8, 4) is 6.07 Å². The van der Waals surface area contributed by atoms with Gasteiger partial charge in [0.25, 0.3) is 0 Å². The second-order valence-electron chi connectivity index (χ2n) is 5.79. The molecule has 0 saturated carbocycles. The van der Waals surface area contributed by atoms with Crippen LogP contribution < -0.4 is 0 Å². The standard InChI is InChI=1S/C19H17NO2/c20-12-18-14(11-19(21)22)10-17(13-6-2-1-3-7-13)15-8-4-5-9-16(15)18/h1-9,14,17-18H,10-11H2,(H,21,22). The lowest BCUT2D eigenvalue weighted by atomic mass is 9.68. The Balaban J connectivity index is 2.08. The molecule has 2 aromatic carbocycles. The first-order valence-corrected chi connectivity index (χ1v) is 7.46. The monoisotopic (exact) mass is 291 g/mol. The summed E-state index contributed by atoms with van der Waals surface area (Å²) in [6.45, 7) is 0. The van der Waals surface area contributed by atoms with Gasteiger partial charge in [0.2, 0.25) is 0 Å². The van der Waals surface area contributed by atoms with Gasteiger partial charge in [-0.15, -0.1) is 0 Å². The van der Waals surface area contributed by atoms with E-state index in [1.807, 2.05) is 36.4 Å². The predicted octanol–water partition coefficient (Wildman–Crippen LogP) is 3.92. The molecule has 2 aromatic rings. The maximum Gasteiger partial charge on any atom is 0.303 e. The van der Waals surface area contributed by atoms with Crippen molar-refractivity contribution in [2.75, 3.05) is 0 Å². The van der Waals surface area contributed by atoms with Crippen molar-refractivity contribution in [3.05, 3.63) is 71.3 Å². The number of hydrogen-bond donors (Lipinski definition) is 1. The van der Waals surface area contributed by atoms with E-state index in [1.54, 1.807) is 0 Å². The molecular weight excluding hydrogens is 274 g/mol. The number of rotatable bonds is 3. The van der Waals surface area contributed by atoms with E-state index in [1.165, 1.54) is 5.56 Å². The van der Waals surface area contributed by atoms with Crippen LogP contribution in [0.3, 0.4) is 0 Å². The van der Waals surface area contributed by atoms with Crippen molar-refractivity contribution in [1.29, 1.82) is 5.26 Å². The lowest BCUT2D eigenvalue weighted by molar-refractivity contribution is -0.138. The fraction of sp³-hybridized carbons (Fsp3) is 0.263. The first-order chi connectivity index (χ1) is 10.7. The molecule has 0 heterocycles. The Labute approximate surface area is 129 Å². The molecule has 0 radical (unpaired) electrons. The number of carboxylic acid groups (broad SMARTS) is 1. The average molecular weight is 291 g/mol. The van der Waals surface area contributed by atoms with Crippen molar-refractivity contribution in [3.63, 3.8) is 0 Å². The van der Waals surface area contributed by atoms with Crippen LogP contribution in [0.25, 0.3) is 0 Å². The van der Waals surface area contributed by atoms with Gasteiger partial charge >= 0.3 is 5.97 Å². The molecule has 3 atom stereocenters. The quantitative estimate of drug-likeness (QED) is 0.932. The van der Waals surface area contributed by atoms with E-state index in [4.69, 9.17) is 0 Å². The second-order valence-corrected chi connectivity index (χ2v) is 5.79. The molecule has 0 aliphatic heterocycles. The molecule has 3 heteroatoms. The number of nitrogens with zero attached hydrogens (tertiary/aromatic N) is 1. The number of carbonyl (C=O) groups is 1. The number of hydrogen-bond acceptors (Lipinski definition) is 2. The fourth-order valence-electron chi connectivity index (χ4n) is 3.53.